The van der Waals surface area contributed by atoms with E-state index >= 15 is 0 Å². The van der Waals surface area contributed by atoms with Gasteiger partial charge in [-0.2, -0.15) is 0 Å². The van der Waals surface area contributed by atoms with Crippen molar-refractivity contribution in [1.82, 2.24) is 0 Å². The van der Waals surface area contributed by atoms with Crippen LogP contribution < -0.4 is 9.86 Å². The van der Waals surface area contributed by atoms with Gasteiger partial charge in [-0.15, -0.1) is 0 Å². The summed E-state index contributed by atoms with van der Waals surface area (Å²) in [6, 6.07) is 4.30. The molecule has 0 aromatic heterocycles. The smallest absolute Gasteiger partial charge is 0.264 e. The van der Waals surface area contributed by atoms with E-state index in [4.69, 9.17) is 5.14 Å². The molecule has 0 aliphatic rings. The fraction of sp³-hybridized carbons (Fsp3) is 0.143. The van der Waals surface area contributed by atoms with Crippen molar-refractivity contribution in [2.45, 2.75) is 23.6 Å². The third-order valence-corrected chi connectivity index (χ3v) is 5.67. The first kappa shape index (κ1) is 18.3. The van der Waals surface area contributed by atoms with Crippen LogP contribution in [-0.4, -0.2) is 16.8 Å². The predicted molar refractivity (Wildman–Crippen MR) is 84.5 cm³/mol. The fourth-order valence-corrected chi connectivity index (χ4v) is 3.81. The van der Waals surface area contributed by atoms with Crippen molar-refractivity contribution in [2.75, 3.05) is 4.72 Å². The Kier molecular flexibility index (Phi) is 4.66. The molecule has 10 heteroatoms. The van der Waals surface area contributed by atoms with Gasteiger partial charge in [0.1, 0.15) is 16.5 Å². The standard InChI is InChI=1S/C14H14F2N2O4S2/c1-8-5-11(23(17,19)20)7-13(9(8)2)18-24(21,22)14-6-10(15)3-4-12(14)16/h3-7,18H,1-2H3,(H2,17,19,20). The van der Waals surface area contributed by atoms with Crippen molar-refractivity contribution < 1.29 is 25.6 Å². The van der Waals surface area contributed by atoms with E-state index in [1.807, 2.05) is 0 Å². The fourth-order valence-electron chi connectivity index (χ4n) is 1.98. The molecule has 0 radical (unpaired) electrons. The Balaban J connectivity index is 2.58. The number of primary sulfonamides is 1. The maximum atomic E-state index is 13.7. The van der Waals surface area contributed by atoms with Crippen LogP contribution in [-0.2, 0) is 20.0 Å². The summed E-state index contributed by atoms with van der Waals surface area (Å²) in [4.78, 5) is -1.19. The summed E-state index contributed by atoms with van der Waals surface area (Å²) < 4.78 is 76.6. The van der Waals surface area contributed by atoms with Gasteiger partial charge >= 0.3 is 0 Å². The summed E-state index contributed by atoms with van der Waals surface area (Å²) in [6.45, 7) is 3.10. The molecule has 24 heavy (non-hydrogen) atoms. The molecule has 130 valence electrons. The lowest BCUT2D eigenvalue weighted by Crippen LogP contribution is -2.18. The average molecular weight is 376 g/mol. The lowest BCUT2D eigenvalue weighted by Gasteiger charge is -2.14. The van der Waals surface area contributed by atoms with E-state index in [1.165, 1.54) is 6.07 Å². The SMILES string of the molecule is Cc1cc(S(N)(=O)=O)cc(NS(=O)(=O)c2cc(F)ccc2F)c1C. The van der Waals surface area contributed by atoms with Gasteiger partial charge in [0.2, 0.25) is 10.0 Å². The summed E-state index contributed by atoms with van der Waals surface area (Å²) in [5.41, 5.74) is 0.782. The molecule has 0 saturated heterocycles. The number of rotatable bonds is 4. The number of hydrogen-bond donors (Lipinski definition) is 2. The van der Waals surface area contributed by atoms with E-state index in [9.17, 15) is 25.6 Å². The third kappa shape index (κ3) is 3.71. The molecule has 0 saturated carbocycles. The molecule has 0 atom stereocenters. The Hall–Kier alpha value is -2.04. The number of aryl methyl sites for hydroxylation is 1. The molecule has 0 fully saturated rings. The molecular formula is C14H14F2N2O4S2. The molecule has 0 spiro atoms. The average Bonchev–Trinajstić information content (AvgIpc) is 2.44. The molecule has 2 aromatic carbocycles. The van der Waals surface area contributed by atoms with Gasteiger partial charge in [-0.3, -0.25) is 4.72 Å². The highest BCUT2D eigenvalue weighted by molar-refractivity contribution is 7.92. The molecule has 0 heterocycles. The van der Waals surface area contributed by atoms with Crippen LogP contribution in [0.4, 0.5) is 14.5 Å². The number of nitrogens with one attached hydrogen (secondary N) is 1. The third-order valence-electron chi connectivity index (χ3n) is 3.40. The number of nitrogens with two attached hydrogens (primary N) is 1. The van der Waals surface area contributed by atoms with Crippen LogP contribution in [0.1, 0.15) is 11.1 Å². The van der Waals surface area contributed by atoms with Crippen LogP contribution in [0.2, 0.25) is 0 Å². The summed E-state index contributed by atoms with van der Waals surface area (Å²) in [7, 11) is -8.54. The maximum absolute atomic E-state index is 13.7. The zero-order chi connectivity index (χ0) is 18.3. The second-order valence-corrected chi connectivity index (χ2v) is 8.35. The van der Waals surface area contributed by atoms with Gasteiger partial charge in [-0.1, -0.05) is 0 Å². The van der Waals surface area contributed by atoms with Crippen LogP contribution in [0.25, 0.3) is 0 Å². The van der Waals surface area contributed by atoms with Crippen molar-refractivity contribution in [3.63, 3.8) is 0 Å². The monoisotopic (exact) mass is 376 g/mol. The van der Waals surface area contributed by atoms with Crippen LogP contribution in [0.3, 0.4) is 0 Å². The minimum Gasteiger partial charge on any atom is -0.279 e. The number of hydrogen-bond acceptors (Lipinski definition) is 4. The van der Waals surface area contributed by atoms with Gasteiger partial charge in [-0.05, 0) is 55.3 Å². The lowest BCUT2D eigenvalue weighted by atomic mass is 10.1. The van der Waals surface area contributed by atoms with Crippen LogP contribution in [0, 0.1) is 25.5 Å². The number of benzene rings is 2. The summed E-state index contributed by atoms with van der Waals surface area (Å²) in [6.07, 6.45) is 0. The molecular weight excluding hydrogens is 362 g/mol. The Morgan fingerprint density at radius 2 is 1.62 bits per heavy atom. The molecule has 2 aromatic rings. The molecule has 0 bridgehead atoms. The number of anilines is 1. The highest BCUT2D eigenvalue weighted by atomic mass is 32.2. The molecule has 3 N–H and O–H groups in total. The van der Waals surface area contributed by atoms with E-state index < -0.39 is 36.6 Å². The van der Waals surface area contributed by atoms with Crippen molar-refractivity contribution in [1.29, 1.82) is 0 Å². The molecule has 2 rings (SSSR count). The van der Waals surface area contributed by atoms with Gasteiger partial charge in [0, 0.05) is 0 Å². The van der Waals surface area contributed by atoms with Gasteiger partial charge in [-0.25, -0.2) is 30.8 Å². The second-order valence-electron chi connectivity index (χ2n) is 5.14. The van der Waals surface area contributed by atoms with Crippen molar-refractivity contribution >= 4 is 25.7 Å². The van der Waals surface area contributed by atoms with E-state index in [-0.39, 0.29) is 10.6 Å². The first-order chi connectivity index (χ1) is 10.9. The summed E-state index contributed by atoms with van der Waals surface area (Å²) >= 11 is 0. The second kappa shape index (κ2) is 6.11. The Labute approximate surface area is 138 Å². The molecule has 0 aliphatic heterocycles. The molecule has 0 amide bonds. The highest BCUT2D eigenvalue weighted by Crippen LogP contribution is 2.27. The van der Waals surface area contributed by atoms with Gasteiger partial charge in [0.15, 0.2) is 0 Å². The van der Waals surface area contributed by atoms with Crippen LogP contribution in [0.15, 0.2) is 40.1 Å². The van der Waals surface area contributed by atoms with Crippen LogP contribution >= 0.6 is 0 Å². The van der Waals surface area contributed by atoms with E-state index in [0.717, 1.165) is 12.1 Å². The number of halogens is 2. The maximum Gasteiger partial charge on any atom is 0.264 e. The Morgan fingerprint density at radius 3 is 2.21 bits per heavy atom. The van der Waals surface area contributed by atoms with Crippen molar-refractivity contribution in [3.8, 4) is 0 Å². The zero-order valence-corrected chi connectivity index (χ0v) is 14.3. The van der Waals surface area contributed by atoms with Crippen LogP contribution in [0.5, 0.6) is 0 Å². The van der Waals surface area contributed by atoms with E-state index in [0.29, 0.717) is 23.3 Å². The zero-order valence-electron chi connectivity index (χ0n) is 12.7. The topological polar surface area (TPSA) is 106 Å². The highest BCUT2D eigenvalue weighted by Gasteiger charge is 2.22. The molecule has 6 nitrogen and oxygen atoms in total. The number of sulfonamides is 2. The minimum absolute atomic E-state index is 0.0947. The normalized spacial score (nSPS) is 12.2. The summed E-state index contributed by atoms with van der Waals surface area (Å²) in [5, 5.41) is 5.05. The summed E-state index contributed by atoms with van der Waals surface area (Å²) in [5.74, 6) is -2.07. The molecule has 0 unspecified atom stereocenters. The van der Waals surface area contributed by atoms with Crippen molar-refractivity contribution in [3.05, 3.63) is 53.1 Å². The van der Waals surface area contributed by atoms with E-state index in [2.05, 4.69) is 4.72 Å². The van der Waals surface area contributed by atoms with E-state index in [1.54, 1.807) is 13.8 Å². The van der Waals surface area contributed by atoms with Gasteiger partial charge < -0.3 is 0 Å². The molecule has 0 aliphatic carbocycles. The first-order valence-electron chi connectivity index (χ1n) is 6.54. The Bertz CT molecular complexity index is 1020. The lowest BCUT2D eigenvalue weighted by molar-refractivity contribution is 0.555. The van der Waals surface area contributed by atoms with Crippen molar-refractivity contribution in [2.24, 2.45) is 5.14 Å². The quantitative estimate of drug-likeness (QED) is 0.851. The largest absolute Gasteiger partial charge is 0.279 e. The first-order valence-corrected chi connectivity index (χ1v) is 9.56. The predicted octanol–water partition coefficient (Wildman–Crippen LogP) is 2.03. The Morgan fingerprint density at radius 1 is 1.00 bits per heavy atom. The minimum atomic E-state index is -4.47. The van der Waals surface area contributed by atoms with Gasteiger partial charge in [0.25, 0.3) is 10.0 Å². The van der Waals surface area contributed by atoms with Gasteiger partial charge in [0.05, 0.1) is 10.6 Å².